The Kier molecular flexibility index (Phi) is 4.38. The van der Waals surface area contributed by atoms with Gasteiger partial charge in [-0.2, -0.15) is 0 Å². The molecule has 1 saturated heterocycles. The van der Waals surface area contributed by atoms with Crippen LogP contribution in [0.15, 0.2) is 24.3 Å². The Labute approximate surface area is 107 Å². The summed E-state index contributed by atoms with van der Waals surface area (Å²) in [4.78, 5) is 4.37. The van der Waals surface area contributed by atoms with Crippen LogP contribution < -0.4 is 10.6 Å². The largest absolute Gasteiger partial charge is 0.399 e. The lowest BCUT2D eigenvalue weighted by Crippen LogP contribution is -2.48. The van der Waals surface area contributed by atoms with Crippen LogP contribution in [0.4, 0.5) is 15.8 Å². The van der Waals surface area contributed by atoms with Crippen LogP contribution in [-0.2, 0) is 0 Å². The fourth-order valence-corrected chi connectivity index (χ4v) is 2.22. The summed E-state index contributed by atoms with van der Waals surface area (Å²) >= 11 is 0. The number of halogens is 1. The molecule has 1 fully saturated rings. The van der Waals surface area contributed by atoms with Gasteiger partial charge in [-0.1, -0.05) is 0 Å². The van der Waals surface area contributed by atoms with E-state index >= 15 is 0 Å². The molecule has 18 heavy (non-hydrogen) atoms. The van der Waals surface area contributed by atoms with Crippen molar-refractivity contribution in [2.75, 3.05) is 50.0 Å². The van der Waals surface area contributed by atoms with Gasteiger partial charge in [-0.25, -0.2) is 4.39 Å². The van der Waals surface area contributed by atoms with E-state index in [9.17, 15) is 9.50 Å². The Hall–Kier alpha value is -1.33. The molecule has 0 spiro atoms. The van der Waals surface area contributed by atoms with E-state index in [0.717, 1.165) is 37.6 Å². The summed E-state index contributed by atoms with van der Waals surface area (Å²) in [7, 11) is 0. The van der Waals surface area contributed by atoms with Crippen molar-refractivity contribution in [3.8, 4) is 0 Å². The van der Waals surface area contributed by atoms with Gasteiger partial charge in [0.15, 0.2) is 0 Å². The van der Waals surface area contributed by atoms with Crippen LogP contribution in [0.2, 0.25) is 0 Å². The van der Waals surface area contributed by atoms with E-state index in [0.29, 0.717) is 6.54 Å². The number of piperazine rings is 1. The van der Waals surface area contributed by atoms with Crippen LogP contribution in [0.3, 0.4) is 0 Å². The summed E-state index contributed by atoms with van der Waals surface area (Å²) in [6.07, 6.45) is -0.854. The maximum Gasteiger partial charge on any atom is 0.117 e. The number of β-amino-alcohol motifs (C(OH)–C–C–N with tert-alkyl or cyclic N) is 1. The number of aliphatic hydroxyl groups excluding tert-OH is 1. The van der Waals surface area contributed by atoms with Gasteiger partial charge in [0.25, 0.3) is 0 Å². The predicted molar refractivity (Wildman–Crippen MR) is 71.5 cm³/mol. The molecule has 1 aromatic rings. The molecule has 0 aliphatic carbocycles. The Balaban J connectivity index is 1.84. The number of nitrogens with two attached hydrogens (primary N) is 1. The zero-order valence-electron chi connectivity index (χ0n) is 10.4. The first-order valence-electron chi connectivity index (χ1n) is 6.26. The number of benzene rings is 1. The summed E-state index contributed by atoms with van der Waals surface area (Å²) in [5.74, 6) is 0. The number of hydrogen-bond donors (Lipinski definition) is 2. The Morgan fingerprint density at radius 3 is 2.33 bits per heavy atom. The third-order valence-corrected chi connectivity index (χ3v) is 3.28. The molecule has 1 aliphatic heterocycles. The highest BCUT2D eigenvalue weighted by molar-refractivity contribution is 5.53. The molecule has 2 rings (SSSR count). The summed E-state index contributed by atoms with van der Waals surface area (Å²) in [6, 6.07) is 7.83. The molecule has 0 bridgehead atoms. The van der Waals surface area contributed by atoms with Crippen molar-refractivity contribution in [2.45, 2.75) is 6.10 Å². The lowest BCUT2D eigenvalue weighted by atomic mass is 10.2. The third-order valence-electron chi connectivity index (χ3n) is 3.28. The quantitative estimate of drug-likeness (QED) is 0.776. The molecule has 0 amide bonds. The molecule has 0 radical (unpaired) electrons. The van der Waals surface area contributed by atoms with Crippen LogP contribution in [-0.4, -0.2) is 55.5 Å². The lowest BCUT2D eigenvalue weighted by Gasteiger charge is -2.36. The van der Waals surface area contributed by atoms with E-state index in [1.165, 1.54) is 0 Å². The van der Waals surface area contributed by atoms with E-state index in [2.05, 4.69) is 9.80 Å². The highest BCUT2D eigenvalue weighted by atomic mass is 19.1. The molecule has 1 heterocycles. The SMILES string of the molecule is Nc1ccc(N2CCN(CC(O)CF)CC2)cc1. The standard InChI is InChI=1S/C13H20FN3O/c14-9-13(18)10-16-5-7-17(8-6-16)12-3-1-11(15)2-4-12/h1-4,13,18H,5-10,15H2. The van der Waals surface area contributed by atoms with Crippen LogP contribution in [0.1, 0.15) is 0 Å². The molecule has 0 aromatic heterocycles. The van der Waals surface area contributed by atoms with E-state index < -0.39 is 12.8 Å². The molecular weight excluding hydrogens is 233 g/mol. The fraction of sp³-hybridized carbons (Fsp3) is 0.538. The van der Waals surface area contributed by atoms with E-state index in [-0.39, 0.29) is 0 Å². The number of aliphatic hydroxyl groups is 1. The van der Waals surface area contributed by atoms with E-state index in [4.69, 9.17) is 5.73 Å². The smallest absolute Gasteiger partial charge is 0.117 e. The molecule has 1 atom stereocenters. The van der Waals surface area contributed by atoms with E-state index in [1.54, 1.807) is 0 Å². The maximum atomic E-state index is 12.2. The van der Waals surface area contributed by atoms with Crippen molar-refractivity contribution in [1.82, 2.24) is 4.90 Å². The summed E-state index contributed by atoms with van der Waals surface area (Å²) in [5, 5.41) is 9.28. The molecule has 3 N–H and O–H groups in total. The van der Waals surface area contributed by atoms with Gasteiger partial charge in [-0.15, -0.1) is 0 Å². The van der Waals surface area contributed by atoms with Crippen molar-refractivity contribution in [3.05, 3.63) is 24.3 Å². The number of anilines is 2. The molecule has 4 nitrogen and oxygen atoms in total. The fourth-order valence-electron chi connectivity index (χ4n) is 2.22. The number of nitrogen functional groups attached to an aromatic ring is 1. The number of alkyl halides is 1. The minimum atomic E-state index is -0.854. The van der Waals surface area contributed by atoms with Crippen LogP contribution in [0.5, 0.6) is 0 Å². The van der Waals surface area contributed by atoms with Gasteiger partial charge < -0.3 is 15.7 Å². The zero-order chi connectivity index (χ0) is 13.0. The Bertz CT molecular complexity index is 363. The van der Waals surface area contributed by atoms with Crippen molar-refractivity contribution in [3.63, 3.8) is 0 Å². The minimum Gasteiger partial charge on any atom is -0.399 e. The van der Waals surface area contributed by atoms with Crippen LogP contribution >= 0.6 is 0 Å². The van der Waals surface area contributed by atoms with Gasteiger partial charge in [-0.05, 0) is 24.3 Å². The second kappa shape index (κ2) is 6.02. The van der Waals surface area contributed by atoms with Gasteiger partial charge in [-0.3, -0.25) is 4.90 Å². The number of rotatable bonds is 4. The van der Waals surface area contributed by atoms with Crippen LogP contribution in [0.25, 0.3) is 0 Å². The second-order valence-corrected chi connectivity index (χ2v) is 4.69. The average molecular weight is 253 g/mol. The second-order valence-electron chi connectivity index (χ2n) is 4.69. The summed E-state index contributed by atoms with van der Waals surface area (Å²) < 4.78 is 12.2. The van der Waals surface area contributed by atoms with Gasteiger partial charge in [0.05, 0.1) is 6.10 Å². The first-order valence-corrected chi connectivity index (χ1v) is 6.26. The highest BCUT2D eigenvalue weighted by Crippen LogP contribution is 2.18. The van der Waals surface area contributed by atoms with Crippen molar-refractivity contribution >= 4 is 11.4 Å². The first-order chi connectivity index (χ1) is 8.69. The Morgan fingerprint density at radius 2 is 1.78 bits per heavy atom. The lowest BCUT2D eigenvalue weighted by molar-refractivity contribution is 0.0871. The van der Waals surface area contributed by atoms with Crippen molar-refractivity contribution in [2.24, 2.45) is 0 Å². The van der Waals surface area contributed by atoms with Gasteiger partial charge in [0, 0.05) is 44.1 Å². The summed E-state index contributed by atoms with van der Waals surface area (Å²) in [6.45, 7) is 3.24. The monoisotopic (exact) mass is 253 g/mol. The van der Waals surface area contributed by atoms with Crippen molar-refractivity contribution in [1.29, 1.82) is 0 Å². The zero-order valence-corrected chi connectivity index (χ0v) is 10.4. The number of nitrogens with zero attached hydrogens (tertiary/aromatic N) is 2. The van der Waals surface area contributed by atoms with E-state index in [1.807, 2.05) is 24.3 Å². The molecule has 0 saturated carbocycles. The Morgan fingerprint density at radius 1 is 1.17 bits per heavy atom. The third kappa shape index (κ3) is 3.34. The molecular formula is C13H20FN3O. The number of hydrogen-bond acceptors (Lipinski definition) is 4. The molecule has 1 unspecified atom stereocenters. The minimum absolute atomic E-state index is 0.423. The molecule has 5 heteroatoms. The summed E-state index contributed by atoms with van der Waals surface area (Å²) in [5.41, 5.74) is 7.59. The topological polar surface area (TPSA) is 52.7 Å². The van der Waals surface area contributed by atoms with Gasteiger partial charge in [0.2, 0.25) is 0 Å². The maximum absolute atomic E-state index is 12.2. The highest BCUT2D eigenvalue weighted by Gasteiger charge is 2.19. The van der Waals surface area contributed by atoms with Gasteiger partial charge >= 0.3 is 0 Å². The van der Waals surface area contributed by atoms with Crippen molar-refractivity contribution < 1.29 is 9.50 Å². The normalized spacial score (nSPS) is 18.9. The molecule has 100 valence electrons. The average Bonchev–Trinajstić information content (AvgIpc) is 2.40. The van der Waals surface area contributed by atoms with Gasteiger partial charge in [0.1, 0.15) is 6.67 Å². The van der Waals surface area contributed by atoms with Crippen LogP contribution in [0, 0.1) is 0 Å². The predicted octanol–water partition coefficient (Wildman–Crippen LogP) is 0.721. The molecule has 1 aliphatic rings. The molecule has 1 aromatic carbocycles. The first kappa shape index (κ1) is 13.1.